The monoisotopic (exact) mass is 381 g/mol. The van der Waals surface area contributed by atoms with Crippen molar-refractivity contribution in [2.75, 3.05) is 5.32 Å². The number of fused-ring (bicyclic) bond motifs is 1. The van der Waals surface area contributed by atoms with Crippen LogP contribution in [0.25, 0.3) is 5.65 Å². The molecule has 0 spiro atoms. The lowest BCUT2D eigenvalue weighted by atomic mass is 9.81. The summed E-state index contributed by atoms with van der Waals surface area (Å²) in [7, 11) is 0. The summed E-state index contributed by atoms with van der Waals surface area (Å²) in [4.78, 5) is 16.7. The number of hydrogen-bond donors (Lipinski definition) is 1. The lowest BCUT2D eigenvalue weighted by Gasteiger charge is -2.24. The topological polar surface area (TPSA) is 92.3 Å². The third-order valence-electron chi connectivity index (χ3n) is 4.63. The van der Waals surface area contributed by atoms with Gasteiger partial charge in [-0.1, -0.05) is 18.0 Å². The summed E-state index contributed by atoms with van der Waals surface area (Å²) >= 11 is 6.12. The van der Waals surface area contributed by atoms with E-state index in [2.05, 4.69) is 21.5 Å². The Kier molecular flexibility index (Phi) is 4.42. The van der Waals surface area contributed by atoms with Crippen LogP contribution in [0.4, 0.5) is 10.5 Å². The maximum absolute atomic E-state index is 12.3. The number of rotatable bonds is 3. The Morgan fingerprint density at radius 1 is 1.37 bits per heavy atom. The van der Waals surface area contributed by atoms with Crippen molar-refractivity contribution < 1.29 is 9.53 Å². The van der Waals surface area contributed by atoms with Gasteiger partial charge in [0.25, 0.3) is 0 Å². The second-order valence-corrected chi connectivity index (χ2v) is 6.98. The Labute approximate surface area is 160 Å². The number of benzene rings is 1. The van der Waals surface area contributed by atoms with Gasteiger partial charge in [-0.15, -0.1) is 0 Å². The second kappa shape index (κ2) is 6.89. The van der Waals surface area contributed by atoms with Gasteiger partial charge in [0, 0.05) is 17.3 Å². The predicted octanol–water partition coefficient (Wildman–Crippen LogP) is 4.44. The number of amides is 1. The summed E-state index contributed by atoms with van der Waals surface area (Å²) in [5.41, 5.74) is 3.42. The molecule has 1 N–H and O–H groups in total. The van der Waals surface area contributed by atoms with Gasteiger partial charge < -0.3 is 4.74 Å². The van der Waals surface area contributed by atoms with Gasteiger partial charge in [-0.2, -0.15) is 14.9 Å². The molecule has 0 atom stereocenters. The zero-order chi connectivity index (χ0) is 19.0. The molecular formula is C19H16ClN5O2. The summed E-state index contributed by atoms with van der Waals surface area (Å²) in [6, 6.07) is 8.56. The zero-order valence-electron chi connectivity index (χ0n) is 14.6. The summed E-state index contributed by atoms with van der Waals surface area (Å²) in [5, 5.41) is 16.2. The number of carbonyl (C=O) groups excluding carboxylic acids is 1. The lowest BCUT2D eigenvalue weighted by Crippen LogP contribution is -2.19. The molecule has 8 heteroatoms. The van der Waals surface area contributed by atoms with Crippen molar-refractivity contribution in [2.45, 2.75) is 32.1 Å². The highest BCUT2D eigenvalue weighted by Crippen LogP contribution is 2.38. The van der Waals surface area contributed by atoms with Crippen LogP contribution >= 0.6 is 11.6 Å². The minimum absolute atomic E-state index is 0.182. The zero-order valence-corrected chi connectivity index (χ0v) is 15.3. The Bertz CT molecular complexity index is 1080. The number of hydrogen-bond acceptors (Lipinski definition) is 5. The van der Waals surface area contributed by atoms with E-state index in [4.69, 9.17) is 21.6 Å². The minimum Gasteiger partial charge on any atom is -0.391 e. The van der Waals surface area contributed by atoms with E-state index >= 15 is 0 Å². The van der Waals surface area contributed by atoms with E-state index in [1.807, 2.05) is 6.92 Å². The molecule has 1 saturated carbocycles. The molecule has 0 saturated heterocycles. The van der Waals surface area contributed by atoms with Crippen LogP contribution < -0.4 is 10.1 Å². The number of carbonyl (C=O) groups is 1. The number of nitriles is 1. The molecule has 1 aromatic carbocycles. The molecule has 3 aromatic rings. The number of nitrogens with one attached hydrogen (secondary N) is 1. The maximum Gasteiger partial charge on any atom is 0.418 e. The highest BCUT2D eigenvalue weighted by molar-refractivity contribution is 6.29. The van der Waals surface area contributed by atoms with Crippen LogP contribution in [-0.4, -0.2) is 20.7 Å². The lowest BCUT2D eigenvalue weighted by molar-refractivity contribution is 0.212. The van der Waals surface area contributed by atoms with E-state index < -0.39 is 6.09 Å². The van der Waals surface area contributed by atoms with Gasteiger partial charge in [-0.25, -0.2) is 9.78 Å². The first kappa shape index (κ1) is 17.3. The number of aromatic nitrogens is 3. The van der Waals surface area contributed by atoms with E-state index in [0.717, 1.165) is 24.0 Å². The summed E-state index contributed by atoms with van der Waals surface area (Å²) in [6.45, 7) is 1.84. The molecule has 136 valence electrons. The third kappa shape index (κ3) is 3.44. The standard InChI is InChI=1S/C19H16ClN5O2/c1-11-5-12(9-21)7-14(6-11)23-19(26)27-17-8-16(20)24-18-15(10-22-25(17)18)13-3-2-4-13/h5-8,10,13H,2-4H2,1H3,(H,23,26). The fraction of sp³-hybridized carbons (Fsp3) is 0.263. The van der Waals surface area contributed by atoms with Crippen molar-refractivity contribution in [1.82, 2.24) is 14.6 Å². The van der Waals surface area contributed by atoms with Gasteiger partial charge >= 0.3 is 6.09 Å². The van der Waals surface area contributed by atoms with Crippen LogP contribution in [0, 0.1) is 18.3 Å². The number of halogens is 1. The number of ether oxygens (including phenoxy) is 1. The van der Waals surface area contributed by atoms with Gasteiger partial charge in [0.2, 0.25) is 5.88 Å². The fourth-order valence-corrected chi connectivity index (χ4v) is 3.34. The van der Waals surface area contributed by atoms with Gasteiger partial charge in [0.15, 0.2) is 5.65 Å². The smallest absolute Gasteiger partial charge is 0.391 e. The fourth-order valence-electron chi connectivity index (χ4n) is 3.16. The van der Waals surface area contributed by atoms with Gasteiger partial charge in [-0.05, 0) is 49.4 Å². The predicted molar refractivity (Wildman–Crippen MR) is 100 cm³/mol. The SMILES string of the molecule is Cc1cc(C#N)cc(NC(=O)Oc2cc(Cl)nc3c(C4CCC4)cnn23)c1. The molecule has 1 fully saturated rings. The van der Waals surface area contributed by atoms with Crippen LogP contribution in [0.15, 0.2) is 30.5 Å². The minimum atomic E-state index is -0.700. The number of anilines is 1. The van der Waals surface area contributed by atoms with Crippen molar-refractivity contribution >= 4 is 29.0 Å². The Balaban J connectivity index is 1.59. The van der Waals surface area contributed by atoms with E-state index in [1.54, 1.807) is 24.4 Å². The first-order valence-electron chi connectivity index (χ1n) is 8.58. The molecule has 0 radical (unpaired) electrons. The summed E-state index contributed by atoms with van der Waals surface area (Å²) < 4.78 is 6.90. The number of nitrogens with zero attached hydrogens (tertiary/aromatic N) is 4. The average Bonchev–Trinajstić information content (AvgIpc) is 2.96. The van der Waals surface area contributed by atoms with Crippen LogP contribution in [-0.2, 0) is 0 Å². The van der Waals surface area contributed by atoms with E-state index in [0.29, 0.717) is 22.8 Å². The van der Waals surface area contributed by atoms with E-state index in [9.17, 15) is 4.79 Å². The van der Waals surface area contributed by atoms with Crippen molar-refractivity contribution in [3.63, 3.8) is 0 Å². The van der Waals surface area contributed by atoms with Crippen molar-refractivity contribution in [3.05, 3.63) is 52.3 Å². The second-order valence-electron chi connectivity index (χ2n) is 6.59. The Morgan fingerprint density at radius 2 is 2.19 bits per heavy atom. The highest BCUT2D eigenvalue weighted by Gasteiger charge is 2.25. The van der Waals surface area contributed by atoms with Crippen LogP contribution in [0.1, 0.15) is 41.9 Å². The molecule has 7 nitrogen and oxygen atoms in total. The average molecular weight is 382 g/mol. The highest BCUT2D eigenvalue weighted by atomic mass is 35.5. The van der Waals surface area contributed by atoms with Gasteiger partial charge in [0.1, 0.15) is 5.15 Å². The Morgan fingerprint density at radius 3 is 2.89 bits per heavy atom. The molecule has 0 unspecified atom stereocenters. The van der Waals surface area contributed by atoms with Gasteiger partial charge in [0.05, 0.1) is 17.8 Å². The molecule has 2 heterocycles. The Hall–Kier alpha value is -3.11. The van der Waals surface area contributed by atoms with Crippen LogP contribution in [0.3, 0.4) is 0 Å². The van der Waals surface area contributed by atoms with Crippen LogP contribution in [0.2, 0.25) is 5.15 Å². The molecule has 0 aliphatic heterocycles. The van der Waals surface area contributed by atoms with Crippen molar-refractivity contribution in [1.29, 1.82) is 5.26 Å². The summed E-state index contributed by atoms with van der Waals surface area (Å²) in [5.74, 6) is 0.605. The molecule has 27 heavy (non-hydrogen) atoms. The first-order valence-corrected chi connectivity index (χ1v) is 8.96. The maximum atomic E-state index is 12.3. The van der Waals surface area contributed by atoms with Crippen molar-refractivity contribution in [2.24, 2.45) is 0 Å². The van der Waals surface area contributed by atoms with Gasteiger partial charge in [-0.3, -0.25) is 5.32 Å². The first-order chi connectivity index (χ1) is 13.0. The summed E-state index contributed by atoms with van der Waals surface area (Å²) in [6.07, 6.45) is 4.44. The molecule has 2 aromatic heterocycles. The van der Waals surface area contributed by atoms with Crippen molar-refractivity contribution in [3.8, 4) is 11.9 Å². The molecular weight excluding hydrogens is 366 g/mol. The van der Waals surface area contributed by atoms with Crippen LogP contribution in [0.5, 0.6) is 5.88 Å². The molecule has 1 aliphatic rings. The largest absolute Gasteiger partial charge is 0.418 e. The molecule has 1 aliphatic carbocycles. The molecule has 1 amide bonds. The third-order valence-corrected chi connectivity index (χ3v) is 4.82. The molecule has 0 bridgehead atoms. The van der Waals surface area contributed by atoms with E-state index in [-0.39, 0.29) is 11.0 Å². The number of aryl methyl sites for hydroxylation is 1. The quantitative estimate of drug-likeness (QED) is 0.677. The normalized spacial score (nSPS) is 13.8. The molecule has 4 rings (SSSR count). The van der Waals surface area contributed by atoms with E-state index in [1.165, 1.54) is 17.0 Å².